The van der Waals surface area contributed by atoms with E-state index < -0.39 is 6.85 Å². The average molecular weight is 539 g/mol. The van der Waals surface area contributed by atoms with Crippen LogP contribution >= 0.6 is 0 Å². The molecule has 41 heavy (non-hydrogen) atoms. The van der Waals surface area contributed by atoms with Gasteiger partial charge in [0.25, 0.3) is 0 Å². The number of rotatable bonds is 4. The Kier molecular flexibility index (Phi) is 5.34. The third kappa shape index (κ3) is 4.66. The highest BCUT2D eigenvalue weighted by Gasteiger charge is 2.35. The summed E-state index contributed by atoms with van der Waals surface area (Å²) >= 11 is 0. The summed E-state index contributed by atoms with van der Waals surface area (Å²) in [6.07, 6.45) is 6.26. The number of hydrogen-bond donors (Lipinski definition) is 0. The van der Waals surface area contributed by atoms with Crippen molar-refractivity contribution in [2.75, 3.05) is 0 Å². The summed E-state index contributed by atoms with van der Waals surface area (Å²) in [6, 6.07) is 33.1. The van der Waals surface area contributed by atoms with Crippen LogP contribution in [0.2, 0.25) is 0 Å². The summed E-state index contributed by atoms with van der Waals surface area (Å²) < 4.78 is 31.3. The van der Waals surface area contributed by atoms with Crippen LogP contribution in [-0.2, 0) is 5.41 Å². The lowest BCUT2D eigenvalue weighted by Crippen LogP contribution is -2.32. The predicted molar refractivity (Wildman–Crippen MR) is 172 cm³/mol. The first-order valence-electron chi connectivity index (χ1n) is 16.1. The van der Waals surface area contributed by atoms with Crippen LogP contribution in [0.3, 0.4) is 0 Å². The lowest BCUT2D eigenvalue weighted by Gasteiger charge is -2.42. The minimum absolute atomic E-state index is 0.141. The molecule has 1 aliphatic rings. The number of aromatic nitrogens is 1. The van der Waals surface area contributed by atoms with Crippen LogP contribution in [-0.4, -0.2) is 4.98 Å². The maximum absolute atomic E-state index is 8.28. The third-order valence-corrected chi connectivity index (χ3v) is 9.39. The number of furan rings is 1. The van der Waals surface area contributed by atoms with Crippen LogP contribution in [0.25, 0.3) is 55.4 Å². The number of hydrogen-bond acceptors (Lipinski definition) is 2. The third-order valence-electron chi connectivity index (χ3n) is 9.39. The van der Waals surface area contributed by atoms with Crippen molar-refractivity contribution in [2.24, 2.45) is 5.41 Å². The van der Waals surface area contributed by atoms with Crippen LogP contribution in [0.5, 0.6) is 0 Å². The smallest absolute Gasteiger partial charge is 0.144 e. The Hall–Kier alpha value is -4.17. The second kappa shape index (κ2) is 9.73. The summed E-state index contributed by atoms with van der Waals surface area (Å²) in [6.45, 7) is 4.80. The number of aryl methyl sites for hydroxylation is 1. The second-order valence-corrected chi connectivity index (χ2v) is 12.8. The van der Waals surface area contributed by atoms with E-state index in [0.29, 0.717) is 16.7 Å². The van der Waals surface area contributed by atoms with Crippen LogP contribution < -0.4 is 0 Å². The molecule has 0 aliphatic heterocycles. The lowest BCUT2D eigenvalue weighted by molar-refractivity contribution is 0.173. The van der Waals surface area contributed by atoms with Crippen molar-refractivity contribution in [1.82, 2.24) is 4.98 Å². The maximum Gasteiger partial charge on any atom is 0.144 e. The van der Waals surface area contributed by atoms with Gasteiger partial charge in [0.1, 0.15) is 11.2 Å². The normalized spacial score (nSPS) is 17.7. The number of fused-ring (bicyclic) bond motifs is 3. The zero-order chi connectivity index (χ0) is 30.7. The van der Waals surface area contributed by atoms with Crippen LogP contribution in [0, 0.1) is 12.3 Å². The van der Waals surface area contributed by atoms with Gasteiger partial charge in [-0.3, -0.25) is 4.98 Å². The largest absolute Gasteiger partial charge is 0.455 e. The Morgan fingerprint density at radius 3 is 2.20 bits per heavy atom. The van der Waals surface area contributed by atoms with Gasteiger partial charge in [-0.2, -0.15) is 0 Å². The maximum atomic E-state index is 8.28. The van der Waals surface area contributed by atoms with Crippen molar-refractivity contribution in [2.45, 2.75) is 58.7 Å². The highest BCUT2D eigenvalue weighted by molar-refractivity contribution is 6.10. The van der Waals surface area contributed by atoms with Crippen molar-refractivity contribution in [3.05, 3.63) is 114 Å². The van der Waals surface area contributed by atoms with E-state index in [1.54, 1.807) is 0 Å². The highest BCUT2D eigenvalue weighted by atomic mass is 16.3. The van der Waals surface area contributed by atoms with Gasteiger partial charge in [-0.25, -0.2) is 0 Å². The minimum Gasteiger partial charge on any atom is -0.455 e. The van der Waals surface area contributed by atoms with Gasteiger partial charge >= 0.3 is 0 Å². The van der Waals surface area contributed by atoms with E-state index in [4.69, 9.17) is 8.53 Å². The molecule has 1 aliphatic carbocycles. The Labute approximate surface area is 247 Å². The molecule has 7 rings (SSSR count). The van der Waals surface area contributed by atoms with E-state index >= 15 is 0 Å². The molecule has 0 spiro atoms. The Balaban J connectivity index is 1.30. The highest BCUT2D eigenvalue weighted by Crippen LogP contribution is 2.47. The summed E-state index contributed by atoms with van der Waals surface area (Å²) in [5.74, 6) is 0. The van der Waals surface area contributed by atoms with E-state index in [0.717, 1.165) is 57.0 Å². The monoisotopic (exact) mass is 538 g/mol. The molecular formula is C39H37NO. The summed E-state index contributed by atoms with van der Waals surface area (Å²) in [7, 11) is 0. The molecule has 2 nitrogen and oxygen atoms in total. The standard InChI is InChI=1S/C39H37NO/c1-26-25-40-35(24-34(26)28-13-16-30(17-14-28)39(4)21-19-38(2,3)20-22-39)33-12-8-11-32-31-18-15-29(23-36(31)41-37(32)33)27-9-6-5-7-10-27/h5-18,23-25H,19-22H2,1-4H3/i1D3. The average Bonchev–Trinajstić information content (AvgIpc) is 3.41. The van der Waals surface area contributed by atoms with Crippen LogP contribution in [0.15, 0.2) is 108 Å². The first kappa shape index (κ1) is 22.5. The summed E-state index contributed by atoms with van der Waals surface area (Å²) in [5, 5.41) is 2.05. The molecule has 0 atom stereocenters. The summed E-state index contributed by atoms with van der Waals surface area (Å²) in [5.41, 5.74) is 8.98. The van der Waals surface area contributed by atoms with Gasteiger partial charge in [-0.1, -0.05) is 93.6 Å². The molecule has 0 amide bonds. The topological polar surface area (TPSA) is 26.0 Å². The summed E-state index contributed by atoms with van der Waals surface area (Å²) in [4.78, 5) is 4.68. The molecule has 6 aromatic rings. The molecule has 2 heterocycles. The molecule has 1 fully saturated rings. The van der Waals surface area contributed by atoms with E-state index in [2.05, 4.69) is 86.4 Å². The predicted octanol–water partition coefficient (Wildman–Crippen LogP) is 11.1. The van der Waals surface area contributed by atoms with Crippen molar-refractivity contribution < 1.29 is 8.53 Å². The fourth-order valence-corrected chi connectivity index (χ4v) is 6.47. The van der Waals surface area contributed by atoms with Gasteiger partial charge in [-0.05, 0) is 101 Å². The molecule has 0 bridgehead atoms. The van der Waals surface area contributed by atoms with Gasteiger partial charge < -0.3 is 4.42 Å². The number of benzene rings is 4. The molecule has 0 radical (unpaired) electrons. The van der Waals surface area contributed by atoms with Crippen LogP contribution in [0.4, 0.5) is 0 Å². The van der Waals surface area contributed by atoms with Crippen molar-refractivity contribution >= 4 is 21.9 Å². The molecule has 2 heteroatoms. The lowest BCUT2D eigenvalue weighted by atomic mass is 9.63. The Bertz CT molecular complexity index is 1970. The van der Waals surface area contributed by atoms with Gasteiger partial charge in [-0.15, -0.1) is 0 Å². The Morgan fingerprint density at radius 1 is 0.683 bits per heavy atom. The minimum atomic E-state index is -2.29. The van der Waals surface area contributed by atoms with E-state index in [-0.39, 0.29) is 11.0 Å². The Morgan fingerprint density at radius 2 is 1.44 bits per heavy atom. The zero-order valence-electron chi connectivity index (χ0n) is 27.0. The van der Waals surface area contributed by atoms with Gasteiger partial charge in [0.2, 0.25) is 0 Å². The van der Waals surface area contributed by atoms with Crippen LogP contribution in [0.1, 0.15) is 61.7 Å². The van der Waals surface area contributed by atoms with E-state index in [1.807, 2.05) is 36.4 Å². The fourth-order valence-electron chi connectivity index (χ4n) is 6.47. The van der Waals surface area contributed by atoms with Crippen molar-refractivity contribution in [3.8, 4) is 33.5 Å². The van der Waals surface area contributed by atoms with Crippen molar-refractivity contribution in [3.63, 3.8) is 0 Å². The van der Waals surface area contributed by atoms with E-state index in [1.165, 1.54) is 24.6 Å². The molecule has 204 valence electrons. The molecule has 4 aromatic carbocycles. The second-order valence-electron chi connectivity index (χ2n) is 12.8. The zero-order valence-corrected chi connectivity index (χ0v) is 24.0. The first-order chi connectivity index (χ1) is 21.0. The van der Waals surface area contributed by atoms with Gasteiger partial charge in [0, 0.05) is 26.6 Å². The number of nitrogens with zero attached hydrogens (tertiary/aromatic N) is 1. The number of pyridine rings is 1. The van der Waals surface area contributed by atoms with Crippen molar-refractivity contribution in [1.29, 1.82) is 0 Å². The number of para-hydroxylation sites is 1. The molecule has 2 aromatic heterocycles. The molecule has 0 saturated heterocycles. The van der Waals surface area contributed by atoms with Gasteiger partial charge in [0.05, 0.1) is 5.69 Å². The molecule has 0 unspecified atom stereocenters. The van der Waals surface area contributed by atoms with E-state index in [9.17, 15) is 0 Å². The first-order valence-corrected chi connectivity index (χ1v) is 14.6. The quantitative estimate of drug-likeness (QED) is 0.223. The molecule has 0 N–H and O–H groups in total. The SMILES string of the molecule is [2H]C([2H])([2H])c1cnc(-c2cccc3c2oc2cc(-c4ccccc4)ccc23)cc1-c1ccc(C2(C)CCC(C)(C)CC2)cc1. The fraction of sp³-hybridized carbons (Fsp3) is 0.256. The van der Waals surface area contributed by atoms with Gasteiger partial charge in [0.15, 0.2) is 0 Å². The molecular weight excluding hydrogens is 498 g/mol. The molecule has 1 saturated carbocycles.